The molecule has 1 aliphatic rings. The first kappa shape index (κ1) is 18.4. The maximum Gasteiger partial charge on any atom is 0.274 e. The van der Waals surface area contributed by atoms with Crippen LogP contribution >= 0.6 is 0 Å². The number of benzene rings is 2. The minimum absolute atomic E-state index is 0.0252. The SMILES string of the molecule is O=C(NO)c1ccc(Cn2c(=O)c(C3CCCCC3)nc3ccccc32)cc1. The van der Waals surface area contributed by atoms with Gasteiger partial charge < -0.3 is 4.57 Å². The van der Waals surface area contributed by atoms with Crippen LogP contribution in [0.1, 0.15) is 59.6 Å². The number of hydrogen-bond acceptors (Lipinski definition) is 4. The molecule has 1 fully saturated rings. The van der Waals surface area contributed by atoms with Gasteiger partial charge in [0, 0.05) is 11.5 Å². The summed E-state index contributed by atoms with van der Waals surface area (Å²) < 4.78 is 1.79. The highest BCUT2D eigenvalue weighted by Crippen LogP contribution is 2.30. The van der Waals surface area contributed by atoms with E-state index >= 15 is 0 Å². The Morgan fingerprint density at radius 2 is 1.79 bits per heavy atom. The smallest absolute Gasteiger partial charge is 0.274 e. The summed E-state index contributed by atoms with van der Waals surface area (Å²) in [6.07, 6.45) is 5.56. The van der Waals surface area contributed by atoms with Crippen molar-refractivity contribution in [3.8, 4) is 0 Å². The highest BCUT2D eigenvalue weighted by atomic mass is 16.5. The van der Waals surface area contributed by atoms with E-state index in [-0.39, 0.29) is 11.5 Å². The Bertz CT molecular complexity index is 1050. The van der Waals surface area contributed by atoms with Crippen LogP contribution in [0.5, 0.6) is 0 Å². The van der Waals surface area contributed by atoms with Crippen molar-refractivity contribution in [2.75, 3.05) is 0 Å². The highest BCUT2D eigenvalue weighted by molar-refractivity contribution is 5.93. The molecule has 1 heterocycles. The average Bonchev–Trinajstić information content (AvgIpc) is 2.76. The van der Waals surface area contributed by atoms with Gasteiger partial charge in [0.2, 0.25) is 0 Å². The zero-order valence-electron chi connectivity index (χ0n) is 15.6. The number of carbonyl (C=O) groups is 1. The highest BCUT2D eigenvalue weighted by Gasteiger charge is 2.22. The van der Waals surface area contributed by atoms with E-state index in [1.807, 2.05) is 24.3 Å². The molecule has 0 bridgehead atoms. The monoisotopic (exact) mass is 377 g/mol. The number of carbonyl (C=O) groups excluding carboxylic acids is 1. The normalized spacial score (nSPS) is 14.9. The second-order valence-electron chi connectivity index (χ2n) is 7.35. The second-order valence-corrected chi connectivity index (χ2v) is 7.35. The van der Waals surface area contributed by atoms with E-state index in [0.29, 0.717) is 17.8 Å². The van der Waals surface area contributed by atoms with Crippen LogP contribution in [0.4, 0.5) is 0 Å². The van der Waals surface area contributed by atoms with Crippen LogP contribution in [0.3, 0.4) is 0 Å². The number of rotatable bonds is 4. The lowest BCUT2D eigenvalue weighted by Crippen LogP contribution is -2.29. The van der Waals surface area contributed by atoms with Crippen LogP contribution in [0, 0.1) is 0 Å². The molecule has 0 unspecified atom stereocenters. The number of aromatic nitrogens is 2. The molecule has 0 aliphatic heterocycles. The van der Waals surface area contributed by atoms with Gasteiger partial charge in [0.15, 0.2) is 0 Å². The van der Waals surface area contributed by atoms with Gasteiger partial charge in [-0.3, -0.25) is 14.8 Å². The third kappa shape index (κ3) is 3.55. The maximum atomic E-state index is 13.3. The molecule has 0 spiro atoms. The van der Waals surface area contributed by atoms with Gasteiger partial charge in [-0.2, -0.15) is 0 Å². The molecule has 2 aromatic carbocycles. The number of amides is 1. The minimum atomic E-state index is -0.558. The fraction of sp³-hybridized carbons (Fsp3) is 0.318. The summed E-state index contributed by atoms with van der Waals surface area (Å²) in [7, 11) is 0. The lowest BCUT2D eigenvalue weighted by Gasteiger charge is -2.22. The van der Waals surface area contributed by atoms with E-state index < -0.39 is 5.91 Å². The van der Waals surface area contributed by atoms with E-state index in [9.17, 15) is 9.59 Å². The predicted octanol–water partition coefficient (Wildman–Crippen LogP) is 3.61. The molecule has 144 valence electrons. The molecule has 1 saturated carbocycles. The van der Waals surface area contributed by atoms with Crippen molar-refractivity contribution in [2.24, 2.45) is 0 Å². The van der Waals surface area contributed by atoms with Crippen LogP contribution in [0.2, 0.25) is 0 Å². The fourth-order valence-electron chi connectivity index (χ4n) is 4.02. The van der Waals surface area contributed by atoms with E-state index in [2.05, 4.69) is 0 Å². The lowest BCUT2D eigenvalue weighted by molar-refractivity contribution is 0.0706. The Hall–Kier alpha value is -2.99. The third-order valence-electron chi connectivity index (χ3n) is 5.53. The molecular weight excluding hydrogens is 354 g/mol. The van der Waals surface area contributed by atoms with Gasteiger partial charge >= 0.3 is 0 Å². The number of nitrogens with zero attached hydrogens (tertiary/aromatic N) is 2. The summed E-state index contributed by atoms with van der Waals surface area (Å²) in [4.78, 5) is 29.6. The fourth-order valence-corrected chi connectivity index (χ4v) is 4.02. The van der Waals surface area contributed by atoms with E-state index in [4.69, 9.17) is 10.2 Å². The van der Waals surface area contributed by atoms with E-state index in [0.717, 1.165) is 42.3 Å². The standard InChI is InChI=1S/C22H23N3O3/c26-21(24-28)17-12-10-15(11-13-17)14-25-19-9-5-4-8-18(19)23-20(22(25)27)16-6-2-1-3-7-16/h4-5,8-13,16,28H,1-3,6-7,14H2,(H,24,26). The number of fused-ring (bicyclic) bond motifs is 1. The Morgan fingerprint density at radius 1 is 1.07 bits per heavy atom. The quantitative estimate of drug-likeness (QED) is 0.537. The van der Waals surface area contributed by atoms with Crippen molar-refractivity contribution in [1.82, 2.24) is 15.0 Å². The molecule has 1 aromatic heterocycles. The minimum Gasteiger partial charge on any atom is -0.301 e. The van der Waals surface area contributed by atoms with Crippen molar-refractivity contribution in [2.45, 2.75) is 44.6 Å². The summed E-state index contributed by atoms with van der Waals surface area (Å²) in [5.41, 5.74) is 5.18. The average molecular weight is 377 g/mol. The molecule has 0 radical (unpaired) electrons. The Balaban J connectivity index is 1.75. The van der Waals surface area contributed by atoms with Gasteiger partial charge in [-0.15, -0.1) is 0 Å². The number of para-hydroxylation sites is 2. The molecule has 1 amide bonds. The summed E-state index contributed by atoms with van der Waals surface area (Å²) >= 11 is 0. The van der Waals surface area contributed by atoms with Crippen molar-refractivity contribution < 1.29 is 10.0 Å². The van der Waals surface area contributed by atoms with Crippen LogP contribution in [-0.2, 0) is 6.54 Å². The van der Waals surface area contributed by atoms with Crippen LogP contribution in [-0.4, -0.2) is 20.7 Å². The molecule has 28 heavy (non-hydrogen) atoms. The first-order chi connectivity index (χ1) is 13.7. The maximum absolute atomic E-state index is 13.3. The Kier molecular flexibility index (Phi) is 5.21. The molecule has 3 aromatic rings. The molecule has 4 rings (SSSR count). The largest absolute Gasteiger partial charge is 0.301 e. The van der Waals surface area contributed by atoms with Crippen LogP contribution in [0.25, 0.3) is 11.0 Å². The number of hydroxylamine groups is 1. The molecule has 6 heteroatoms. The zero-order valence-corrected chi connectivity index (χ0v) is 15.6. The first-order valence-electron chi connectivity index (χ1n) is 9.70. The summed E-state index contributed by atoms with van der Waals surface area (Å²) in [6, 6.07) is 14.6. The molecule has 0 saturated heterocycles. The van der Waals surface area contributed by atoms with E-state index in [1.54, 1.807) is 34.3 Å². The van der Waals surface area contributed by atoms with Gasteiger partial charge in [-0.05, 0) is 42.7 Å². The molecule has 2 N–H and O–H groups in total. The first-order valence-corrected chi connectivity index (χ1v) is 9.70. The lowest BCUT2D eigenvalue weighted by atomic mass is 9.87. The van der Waals surface area contributed by atoms with E-state index in [1.165, 1.54) is 6.42 Å². The van der Waals surface area contributed by atoms with Crippen molar-refractivity contribution in [3.05, 3.63) is 75.7 Å². The van der Waals surface area contributed by atoms with Gasteiger partial charge in [-0.1, -0.05) is 43.5 Å². The third-order valence-corrected chi connectivity index (χ3v) is 5.53. The Morgan fingerprint density at radius 3 is 2.50 bits per heavy atom. The van der Waals surface area contributed by atoms with Gasteiger partial charge in [0.05, 0.1) is 17.6 Å². The van der Waals surface area contributed by atoms with Gasteiger partial charge in [0.1, 0.15) is 5.69 Å². The number of hydrogen-bond donors (Lipinski definition) is 2. The Labute approximate surface area is 162 Å². The summed E-state index contributed by atoms with van der Waals surface area (Å²) in [6.45, 7) is 0.405. The zero-order chi connectivity index (χ0) is 19.5. The van der Waals surface area contributed by atoms with Crippen molar-refractivity contribution >= 4 is 16.9 Å². The van der Waals surface area contributed by atoms with Crippen LogP contribution in [0.15, 0.2) is 53.3 Å². The molecule has 6 nitrogen and oxygen atoms in total. The van der Waals surface area contributed by atoms with Gasteiger partial charge in [-0.25, -0.2) is 10.5 Å². The predicted molar refractivity (Wildman–Crippen MR) is 107 cm³/mol. The summed E-state index contributed by atoms with van der Waals surface area (Å²) in [5, 5.41) is 8.75. The topological polar surface area (TPSA) is 84.2 Å². The van der Waals surface area contributed by atoms with Gasteiger partial charge in [0.25, 0.3) is 11.5 Å². The molecule has 1 aliphatic carbocycles. The van der Waals surface area contributed by atoms with Crippen LogP contribution < -0.4 is 11.0 Å². The molecule has 0 atom stereocenters. The number of nitrogens with one attached hydrogen (secondary N) is 1. The van der Waals surface area contributed by atoms with Crippen molar-refractivity contribution in [3.63, 3.8) is 0 Å². The molecular formula is C22H23N3O3. The summed E-state index contributed by atoms with van der Waals surface area (Å²) in [5.74, 6) is -0.328. The second kappa shape index (κ2) is 7.94. The van der Waals surface area contributed by atoms with Crippen molar-refractivity contribution in [1.29, 1.82) is 0 Å².